The Kier molecular flexibility index (Phi) is 4.86. The average molecular weight is 362 g/mol. The molecule has 0 aliphatic carbocycles. The highest BCUT2D eigenvalue weighted by molar-refractivity contribution is 8.18. The number of thioether (sulfide) groups is 1. The second-order valence-electron chi connectivity index (χ2n) is 5.01. The number of aryl methyl sites for hydroxylation is 1. The SMILES string of the molecule is Cc1ccc(C(=O)NCCN2C(=O)SC(=Cc3cccs3)C2=O)o1. The molecule has 3 heterocycles. The lowest BCUT2D eigenvalue weighted by Gasteiger charge is -2.12. The van der Waals surface area contributed by atoms with Gasteiger partial charge in [-0.05, 0) is 48.3 Å². The summed E-state index contributed by atoms with van der Waals surface area (Å²) in [4.78, 5) is 38.6. The maximum atomic E-state index is 12.3. The molecule has 24 heavy (non-hydrogen) atoms. The zero-order valence-corrected chi connectivity index (χ0v) is 14.4. The highest BCUT2D eigenvalue weighted by Crippen LogP contribution is 2.32. The molecule has 6 nitrogen and oxygen atoms in total. The molecule has 3 amide bonds. The Hall–Kier alpha value is -2.32. The van der Waals surface area contributed by atoms with Gasteiger partial charge in [-0.1, -0.05) is 6.07 Å². The molecule has 1 aliphatic rings. The highest BCUT2D eigenvalue weighted by Gasteiger charge is 2.34. The van der Waals surface area contributed by atoms with Crippen molar-refractivity contribution in [2.24, 2.45) is 0 Å². The fourth-order valence-corrected chi connectivity index (χ4v) is 3.71. The third kappa shape index (κ3) is 3.60. The van der Waals surface area contributed by atoms with Gasteiger partial charge in [0.05, 0.1) is 4.91 Å². The number of amides is 3. The van der Waals surface area contributed by atoms with Crippen molar-refractivity contribution in [2.75, 3.05) is 13.1 Å². The van der Waals surface area contributed by atoms with E-state index in [4.69, 9.17) is 4.42 Å². The Morgan fingerprint density at radius 1 is 1.33 bits per heavy atom. The lowest BCUT2D eigenvalue weighted by molar-refractivity contribution is -0.122. The van der Waals surface area contributed by atoms with Gasteiger partial charge in [0.2, 0.25) is 0 Å². The Labute approximate surface area is 146 Å². The quantitative estimate of drug-likeness (QED) is 0.827. The van der Waals surface area contributed by atoms with Crippen molar-refractivity contribution >= 4 is 46.2 Å². The Morgan fingerprint density at radius 2 is 2.17 bits per heavy atom. The molecule has 0 aromatic carbocycles. The average Bonchev–Trinajstić information content (AvgIpc) is 3.26. The molecule has 1 fully saturated rings. The fourth-order valence-electron chi connectivity index (χ4n) is 2.12. The minimum absolute atomic E-state index is 0.123. The maximum Gasteiger partial charge on any atom is 0.293 e. The number of nitrogens with one attached hydrogen (secondary N) is 1. The molecular formula is C16H14N2O4S2. The molecule has 1 saturated heterocycles. The lowest BCUT2D eigenvalue weighted by atomic mass is 10.3. The number of rotatable bonds is 5. The molecule has 8 heteroatoms. The molecule has 0 unspecified atom stereocenters. The van der Waals surface area contributed by atoms with Crippen LogP contribution in [0.2, 0.25) is 0 Å². The van der Waals surface area contributed by atoms with Crippen LogP contribution in [0.5, 0.6) is 0 Å². The van der Waals surface area contributed by atoms with Crippen LogP contribution >= 0.6 is 23.1 Å². The molecule has 0 spiro atoms. The van der Waals surface area contributed by atoms with Gasteiger partial charge in [0.15, 0.2) is 5.76 Å². The van der Waals surface area contributed by atoms with Crippen LogP contribution in [-0.4, -0.2) is 35.0 Å². The summed E-state index contributed by atoms with van der Waals surface area (Å²) in [7, 11) is 0. The van der Waals surface area contributed by atoms with E-state index in [9.17, 15) is 14.4 Å². The standard InChI is InChI=1S/C16H14N2O4S2/c1-10-4-5-12(22-10)14(19)17-6-7-18-15(20)13(24-16(18)21)9-11-3-2-8-23-11/h2-5,8-9H,6-7H2,1H3,(H,17,19). The molecule has 2 aromatic rings. The summed E-state index contributed by atoms with van der Waals surface area (Å²) in [5, 5.41) is 4.21. The summed E-state index contributed by atoms with van der Waals surface area (Å²) in [5.74, 6) is 0.148. The van der Waals surface area contributed by atoms with Gasteiger partial charge < -0.3 is 9.73 Å². The van der Waals surface area contributed by atoms with Crippen molar-refractivity contribution in [2.45, 2.75) is 6.92 Å². The molecule has 0 saturated carbocycles. The summed E-state index contributed by atoms with van der Waals surface area (Å²) in [5.41, 5.74) is 0. The van der Waals surface area contributed by atoms with Gasteiger partial charge in [-0.25, -0.2) is 0 Å². The van der Waals surface area contributed by atoms with Crippen LogP contribution in [0.25, 0.3) is 6.08 Å². The number of thiophene rings is 1. The summed E-state index contributed by atoms with van der Waals surface area (Å²) in [6.07, 6.45) is 1.71. The molecule has 1 N–H and O–H groups in total. The van der Waals surface area contributed by atoms with E-state index < -0.39 is 0 Å². The van der Waals surface area contributed by atoms with Crippen molar-refractivity contribution in [3.63, 3.8) is 0 Å². The molecular weight excluding hydrogens is 348 g/mol. The smallest absolute Gasteiger partial charge is 0.293 e. The second-order valence-corrected chi connectivity index (χ2v) is 6.99. The van der Waals surface area contributed by atoms with Crippen molar-refractivity contribution in [1.82, 2.24) is 10.2 Å². The van der Waals surface area contributed by atoms with Gasteiger partial charge in [-0.2, -0.15) is 0 Å². The van der Waals surface area contributed by atoms with Crippen LogP contribution in [0.4, 0.5) is 4.79 Å². The summed E-state index contributed by atoms with van der Waals surface area (Å²) in [6, 6.07) is 7.03. The van der Waals surface area contributed by atoms with E-state index in [0.29, 0.717) is 10.7 Å². The molecule has 0 bridgehead atoms. The van der Waals surface area contributed by atoms with Crippen LogP contribution in [0.1, 0.15) is 21.2 Å². The van der Waals surface area contributed by atoms with E-state index >= 15 is 0 Å². The Bertz CT molecular complexity index is 808. The van der Waals surface area contributed by atoms with E-state index in [1.807, 2.05) is 17.5 Å². The predicted molar refractivity (Wildman–Crippen MR) is 92.8 cm³/mol. The number of hydrogen-bond donors (Lipinski definition) is 1. The van der Waals surface area contributed by atoms with Crippen molar-refractivity contribution in [3.8, 4) is 0 Å². The monoisotopic (exact) mass is 362 g/mol. The van der Waals surface area contributed by atoms with Gasteiger partial charge in [0.1, 0.15) is 5.76 Å². The van der Waals surface area contributed by atoms with Crippen molar-refractivity contribution < 1.29 is 18.8 Å². The number of furan rings is 1. The van der Waals surface area contributed by atoms with Gasteiger partial charge in [0, 0.05) is 18.0 Å². The maximum absolute atomic E-state index is 12.3. The van der Waals surface area contributed by atoms with Crippen LogP contribution in [0.15, 0.2) is 39.0 Å². The first-order valence-corrected chi connectivity index (χ1v) is 8.88. The summed E-state index contributed by atoms with van der Waals surface area (Å²) in [6.45, 7) is 2.04. The highest BCUT2D eigenvalue weighted by atomic mass is 32.2. The van der Waals surface area contributed by atoms with Gasteiger partial charge in [-0.3, -0.25) is 19.3 Å². The predicted octanol–water partition coefficient (Wildman–Crippen LogP) is 3.12. The fraction of sp³-hybridized carbons (Fsp3) is 0.188. The normalized spacial score (nSPS) is 16.2. The topological polar surface area (TPSA) is 79.6 Å². The first kappa shape index (κ1) is 16.5. The van der Waals surface area contributed by atoms with E-state index in [1.54, 1.807) is 25.1 Å². The third-order valence-electron chi connectivity index (χ3n) is 3.28. The minimum atomic E-state index is -0.371. The van der Waals surface area contributed by atoms with Gasteiger partial charge in [-0.15, -0.1) is 11.3 Å². The van der Waals surface area contributed by atoms with E-state index in [2.05, 4.69) is 5.32 Å². The number of carbonyl (C=O) groups is 3. The second kappa shape index (κ2) is 7.06. The largest absolute Gasteiger partial charge is 0.456 e. The zero-order chi connectivity index (χ0) is 17.1. The Morgan fingerprint density at radius 3 is 2.83 bits per heavy atom. The number of imide groups is 1. The molecule has 2 aromatic heterocycles. The molecule has 0 atom stereocenters. The van der Waals surface area contributed by atoms with E-state index in [0.717, 1.165) is 21.5 Å². The first-order chi connectivity index (χ1) is 11.5. The van der Waals surface area contributed by atoms with Crippen LogP contribution in [0.3, 0.4) is 0 Å². The Balaban J connectivity index is 1.56. The third-order valence-corrected chi connectivity index (χ3v) is 5.00. The molecule has 0 radical (unpaired) electrons. The molecule has 1 aliphatic heterocycles. The summed E-state index contributed by atoms with van der Waals surface area (Å²) >= 11 is 2.41. The molecule has 124 valence electrons. The molecule has 3 rings (SSSR count). The zero-order valence-electron chi connectivity index (χ0n) is 12.8. The van der Waals surface area contributed by atoms with Gasteiger partial charge >= 0.3 is 0 Å². The van der Waals surface area contributed by atoms with Crippen LogP contribution in [-0.2, 0) is 4.79 Å². The number of carbonyl (C=O) groups excluding carboxylic acids is 3. The van der Waals surface area contributed by atoms with Crippen LogP contribution in [0, 0.1) is 6.92 Å². The van der Waals surface area contributed by atoms with Crippen molar-refractivity contribution in [1.29, 1.82) is 0 Å². The van der Waals surface area contributed by atoms with Gasteiger partial charge in [0.25, 0.3) is 17.1 Å². The lowest BCUT2D eigenvalue weighted by Crippen LogP contribution is -2.37. The van der Waals surface area contributed by atoms with E-state index in [-0.39, 0.29) is 35.9 Å². The number of nitrogens with zero attached hydrogens (tertiary/aromatic N) is 1. The van der Waals surface area contributed by atoms with Crippen molar-refractivity contribution in [3.05, 3.63) is 50.9 Å². The van der Waals surface area contributed by atoms with E-state index in [1.165, 1.54) is 11.3 Å². The summed E-state index contributed by atoms with van der Waals surface area (Å²) < 4.78 is 5.21. The van der Waals surface area contributed by atoms with Crippen LogP contribution < -0.4 is 5.32 Å². The number of hydrogen-bond acceptors (Lipinski definition) is 6. The minimum Gasteiger partial charge on any atom is -0.456 e. The first-order valence-electron chi connectivity index (χ1n) is 7.18.